The second-order valence-corrected chi connectivity index (χ2v) is 5.90. The molecular weight excluding hydrogens is 230 g/mol. The number of aliphatic hydroxyl groups is 2. The predicted octanol–water partition coefficient (Wildman–Crippen LogP) is -0.0109. The van der Waals surface area contributed by atoms with Gasteiger partial charge in [0.2, 0.25) is 10.0 Å². The maximum absolute atomic E-state index is 11.2. The van der Waals surface area contributed by atoms with Crippen LogP contribution in [0, 0.1) is 5.92 Å². The van der Waals surface area contributed by atoms with Gasteiger partial charge in [0.15, 0.2) is 0 Å². The van der Waals surface area contributed by atoms with Gasteiger partial charge in [0.25, 0.3) is 0 Å². The van der Waals surface area contributed by atoms with Crippen LogP contribution in [0.25, 0.3) is 0 Å². The van der Waals surface area contributed by atoms with Gasteiger partial charge in [-0.1, -0.05) is 6.08 Å². The highest BCUT2D eigenvalue weighted by Gasteiger charge is 2.27. The van der Waals surface area contributed by atoms with Gasteiger partial charge in [-0.2, -0.15) is 0 Å². The molecule has 3 atom stereocenters. The van der Waals surface area contributed by atoms with E-state index in [4.69, 9.17) is 10.2 Å². The van der Waals surface area contributed by atoms with Crippen molar-refractivity contribution in [1.29, 1.82) is 0 Å². The molecule has 0 aliphatic heterocycles. The Bertz CT molecular complexity index is 302. The Balaban J connectivity index is 4.54. The SMILES string of the molecule is C=CC[C@@H](C[C@@H](O)CCO)[C@@H](C)S(N)(=O)=O. The summed E-state index contributed by atoms with van der Waals surface area (Å²) in [5.74, 6) is -0.269. The van der Waals surface area contributed by atoms with Crippen molar-refractivity contribution < 1.29 is 18.6 Å². The minimum atomic E-state index is -3.61. The van der Waals surface area contributed by atoms with Crippen molar-refractivity contribution in [2.24, 2.45) is 11.1 Å². The van der Waals surface area contributed by atoms with Gasteiger partial charge in [0.05, 0.1) is 11.4 Å². The average molecular weight is 251 g/mol. The number of hydrogen-bond acceptors (Lipinski definition) is 4. The molecule has 0 aromatic rings. The van der Waals surface area contributed by atoms with Crippen molar-refractivity contribution in [1.82, 2.24) is 0 Å². The highest BCUT2D eigenvalue weighted by atomic mass is 32.2. The Kier molecular flexibility index (Phi) is 6.82. The van der Waals surface area contributed by atoms with Gasteiger partial charge in [0, 0.05) is 6.61 Å². The highest BCUT2D eigenvalue weighted by molar-refractivity contribution is 7.89. The fraction of sp³-hybridized carbons (Fsp3) is 0.800. The molecule has 0 saturated carbocycles. The molecule has 0 aliphatic carbocycles. The third-order valence-electron chi connectivity index (χ3n) is 2.69. The molecule has 0 spiro atoms. The van der Waals surface area contributed by atoms with Crippen LogP contribution in [0.5, 0.6) is 0 Å². The number of nitrogens with two attached hydrogens (primary N) is 1. The molecule has 0 fully saturated rings. The third-order valence-corrected chi connectivity index (χ3v) is 4.11. The van der Waals surface area contributed by atoms with Crippen LogP contribution in [0.2, 0.25) is 0 Å². The van der Waals surface area contributed by atoms with Crippen LogP contribution in [0.1, 0.15) is 26.2 Å². The third kappa shape index (κ3) is 5.60. The normalized spacial score (nSPS) is 17.8. The minimum Gasteiger partial charge on any atom is -0.396 e. The van der Waals surface area contributed by atoms with Gasteiger partial charge < -0.3 is 10.2 Å². The summed E-state index contributed by atoms with van der Waals surface area (Å²) in [7, 11) is -3.61. The molecule has 96 valence electrons. The smallest absolute Gasteiger partial charge is 0.211 e. The highest BCUT2D eigenvalue weighted by Crippen LogP contribution is 2.21. The molecule has 0 aromatic carbocycles. The number of rotatable bonds is 8. The lowest BCUT2D eigenvalue weighted by Gasteiger charge is -2.23. The zero-order chi connectivity index (χ0) is 12.8. The summed E-state index contributed by atoms with van der Waals surface area (Å²) in [5, 5.41) is 22.5. The van der Waals surface area contributed by atoms with Crippen molar-refractivity contribution in [3.63, 3.8) is 0 Å². The number of aliphatic hydroxyl groups excluding tert-OH is 2. The van der Waals surface area contributed by atoms with Crippen LogP contribution in [0.4, 0.5) is 0 Å². The van der Waals surface area contributed by atoms with E-state index in [-0.39, 0.29) is 18.9 Å². The Labute approximate surface area is 97.0 Å². The van der Waals surface area contributed by atoms with E-state index in [1.165, 1.54) is 6.92 Å². The van der Waals surface area contributed by atoms with E-state index in [9.17, 15) is 13.5 Å². The van der Waals surface area contributed by atoms with Crippen LogP contribution in [-0.4, -0.2) is 36.6 Å². The summed E-state index contributed by atoms with van der Waals surface area (Å²) in [5.41, 5.74) is 0. The molecular formula is C10H21NO4S. The molecule has 0 heterocycles. The zero-order valence-electron chi connectivity index (χ0n) is 9.54. The Morgan fingerprint density at radius 1 is 1.50 bits per heavy atom. The monoisotopic (exact) mass is 251 g/mol. The maximum atomic E-state index is 11.2. The zero-order valence-corrected chi connectivity index (χ0v) is 10.4. The van der Waals surface area contributed by atoms with E-state index < -0.39 is 21.4 Å². The van der Waals surface area contributed by atoms with Crippen LogP contribution >= 0.6 is 0 Å². The molecule has 6 heteroatoms. The molecule has 0 radical (unpaired) electrons. The fourth-order valence-electron chi connectivity index (χ4n) is 1.58. The molecule has 0 amide bonds. The number of allylic oxidation sites excluding steroid dienone is 1. The van der Waals surface area contributed by atoms with E-state index in [0.717, 1.165) is 0 Å². The van der Waals surface area contributed by atoms with Gasteiger partial charge >= 0.3 is 0 Å². The average Bonchev–Trinajstić information content (AvgIpc) is 2.15. The molecule has 0 bridgehead atoms. The van der Waals surface area contributed by atoms with E-state index in [2.05, 4.69) is 6.58 Å². The molecule has 0 aromatic heterocycles. The quantitative estimate of drug-likeness (QED) is 0.528. The Morgan fingerprint density at radius 2 is 2.06 bits per heavy atom. The fourth-order valence-corrected chi connectivity index (χ4v) is 2.34. The summed E-state index contributed by atoms with van der Waals surface area (Å²) >= 11 is 0. The molecule has 0 unspecified atom stereocenters. The first-order valence-corrected chi connectivity index (χ1v) is 6.85. The van der Waals surface area contributed by atoms with Crippen molar-refractivity contribution in [2.45, 2.75) is 37.5 Å². The summed E-state index contributed by atoms with van der Waals surface area (Å²) in [6, 6.07) is 0. The first-order chi connectivity index (χ1) is 7.32. The number of sulfonamides is 1. The first kappa shape index (κ1) is 15.6. The number of hydrogen-bond donors (Lipinski definition) is 3. The summed E-state index contributed by atoms with van der Waals surface area (Å²) < 4.78 is 22.4. The molecule has 4 N–H and O–H groups in total. The molecule has 5 nitrogen and oxygen atoms in total. The predicted molar refractivity (Wildman–Crippen MR) is 63.2 cm³/mol. The van der Waals surface area contributed by atoms with E-state index in [0.29, 0.717) is 12.8 Å². The van der Waals surface area contributed by atoms with Crippen LogP contribution in [0.15, 0.2) is 12.7 Å². The lowest BCUT2D eigenvalue weighted by atomic mass is 9.94. The standard InChI is InChI=1S/C10H21NO4S/c1-3-4-9(7-10(13)5-6-12)8(2)16(11,14)15/h3,8-10,12-13H,1,4-7H2,2H3,(H2,11,14,15)/t8-,9+,10+/m1/s1. The summed E-state index contributed by atoms with van der Waals surface area (Å²) in [6.45, 7) is 4.96. The van der Waals surface area contributed by atoms with E-state index in [1.807, 2.05) is 0 Å². The van der Waals surface area contributed by atoms with Gasteiger partial charge in [-0.15, -0.1) is 6.58 Å². The van der Waals surface area contributed by atoms with Crippen LogP contribution in [0.3, 0.4) is 0 Å². The van der Waals surface area contributed by atoms with Gasteiger partial charge in [0.1, 0.15) is 0 Å². The van der Waals surface area contributed by atoms with Crippen molar-refractivity contribution in [3.8, 4) is 0 Å². The van der Waals surface area contributed by atoms with E-state index >= 15 is 0 Å². The molecule has 0 aliphatic rings. The van der Waals surface area contributed by atoms with Gasteiger partial charge in [-0.3, -0.25) is 0 Å². The number of primary sulfonamides is 1. The lowest BCUT2D eigenvalue weighted by molar-refractivity contribution is 0.108. The van der Waals surface area contributed by atoms with Crippen LogP contribution < -0.4 is 5.14 Å². The maximum Gasteiger partial charge on any atom is 0.211 e. The van der Waals surface area contributed by atoms with Gasteiger partial charge in [-0.25, -0.2) is 13.6 Å². The molecule has 16 heavy (non-hydrogen) atoms. The van der Waals surface area contributed by atoms with Gasteiger partial charge in [-0.05, 0) is 32.1 Å². The Hall–Kier alpha value is -0.430. The van der Waals surface area contributed by atoms with Crippen molar-refractivity contribution in [2.75, 3.05) is 6.61 Å². The van der Waals surface area contributed by atoms with Crippen LogP contribution in [-0.2, 0) is 10.0 Å². The first-order valence-electron chi connectivity index (χ1n) is 5.24. The lowest BCUT2D eigenvalue weighted by Crippen LogP contribution is -2.34. The summed E-state index contributed by atoms with van der Waals surface area (Å²) in [6.07, 6.45) is 1.91. The van der Waals surface area contributed by atoms with Crippen molar-refractivity contribution in [3.05, 3.63) is 12.7 Å². The van der Waals surface area contributed by atoms with E-state index in [1.54, 1.807) is 6.08 Å². The largest absolute Gasteiger partial charge is 0.396 e. The molecule has 0 saturated heterocycles. The Morgan fingerprint density at radius 3 is 2.44 bits per heavy atom. The van der Waals surface area contributed by atoms with Crippen molar-refractivity contribution >= 4 is 10.0 Å². The topological polar surface area (TPSA) is 101 Å². The molecule has 0 rings (SSSR count). The second-order valence-electron chi connectivity index (χ2n) is 3.98. The minimum absolute atomic E-state index is 0.119. The second kappa shape index (κ2) is 7.01. The summed E-state index contributed by atoms with van der Waals surface area (Å²) in [4.78, 5) is 0.